The van der Waals surface area contributed by atoms with Gasteiger partial charge in [-0.25, -0.2) is 9.59 Å². The number of nitrogens with one attached hydrogen (secondary N) is 2. The lowest BCUT2D eigenvalue weighted by atomic mass is 10.1. The van der Waals surface area contributed by atoms with Gasteiger partial charge < -0.3 is 20.1 Å². The predicted molar refractivity (Wildman–Crippen MR) is 128 cm³/mol. The minimum Gasteiger partial charge on any atom is -0.459 e. The molecular weight excluding hydrogens is 432 g/mol. The number of ether oxygens (including phenoxy) is 2. The Labute approximate surface area is 199 Å². The van der Waals surface area contributed by atoms with Gasteiger partial charge in [0.25, 0.3) is 0 Å². The van der Waals surface area contributed by atoms with E-state index in [1.165, 1.54) is 6.92 Å². The van der Waals surface area contributed by atoms with E-state index in [0.717, 1.165) is 16.7 Å². The monoisotopic (exact) mass is 460 g/mol. The third-order valence-corrected chi connectivity index (χ3v) is 5.05. The first kappa shape index (κ1) is 24.5. The van der Waals surface area contributed by atoms with Gasteiger partial charge in [0.2, 0.25) is 5.91 Å². The van der Waals surface area contributed by atoms with Crippen molar-refractivity contribution in [3.05, 3.63) is 108 Å². The van der Waals surface area contributed by atoms with E-state index >= 15 is 0 Å². The standard InChI is InChI=1S/C27H28N2O5/c1-20(28-27(32)34-19-23-15-9-4-10-16-23)25(30)29-24(17-21-11-5-2-6-12-21)26(31)33-18-22-13-7-3-8-14-22/h2-16,20,24H,17-19H2,1H3,(H,28,32)(H,29,30)/t20-,24-/m1/s1. The zero-order valence-electron chi connectivity index (χ0n) is 19.0. The molecule has 0 aliphatic carbocycles. The Morgan fingerprint density at radius 2 is 1.15 bits per heavy atom. The molecule has 3 aromatic carbocycles. The number of rotatable bonds is 10. The molecule has 2 atom stereocenters. The first-order chi connectivity index (χ1) is 16.5. The van der Waals surface area contributed by atoms with E-state index in [4.69, 9.17) is 9.47 Å². The lowest BCUT2D eigenvalue weighted by Gasteiger charge is -2.21. The summed E-state index contributed by atoms with van der Waals surface area (Å²) in [6.07, 6.45) is -0.469. The summed E-state index contributed by atoms with van der Waals surface area (Å²) in [5, 5.41) is 5.19. The lowest BCUT2D eigenvalue weighted by molar-refractivity contribution is -0.149. The quantitative estimate of drug-likeness (QED) is 0.449. The van der Waals surface area contributed by atoms with Crippen LogP contribution in [-0.4, -0.2) is 30.1 Å². The molecule has 176 valence electrons. The van der Waals surface area contributed by atoms with Crippen LogP contribution in [0.5, 0.6) is 0 Å². The van der Waals surface area contributed by atoms with E-state index in [1.807, 2.05) is 91.0 Å². The molecule has 0 radical (unpaired) electrons. The molecule has 0 saturated carbocycles. The number of carbonyl (C=O) groups is 3. The molecule has 0 aliphatic heterocycles. The maximum absolute atomic E-state index is 12.8. The highest BCUT2D eigenvalue weighted by Gasteiger charge is 2.26. The van der Waals surface area contributed by atoms with Crippen LogP contribution in [-0.2, 0) is 38.7 Å². The molecular formula is C27H28N2O5. The van der Waals surface area contributed by atoms with Crippen molar-refractivity contribution < 1.29 is 23.9 Å². The van der Waals surface area contributed by atoms with Gasteiger partial charge in [0.05, 0.1) is 0 Å². The van der Waals surface area contributed by atoms with Crippen molar-refractivity contribution in [2.45, 2.75) is 38.6 Å². The maximum atomic E-state index is 12.8. The summed E-state index contributed by atoms with van der Waals surface area (Å²) in [7, 11) is 0. The van der Waals surface area contributed by atoms with Crippen molar-refractivity contribution >= 4 is 18.0 Å². The molecule has 34 heavy (non-hydrogen) atoms. The van der Waals surface area contributed by atoms with Crippen LogP contribution in [0.15, 0.2) is 91.0 Å². The maximum Gasteiger partial charge on any atom is 0.408 e. The Morgan fingerprint density at radius 3 is 1.68 bits per heavy atom. The molecule has 7 heteroatoms. The lowest BCUT2D eigenvalue weighted by Crippen LogP contribution is -2.51. The molecule has 7 nitrogen and oxygen atoms in total. The largest absolute Gasteiger partial charge is 0.459 e. The Kier molecular flexibility index (Phi) is 9.22. The summed E-state index contributed by atoms with van der Waals surface area (Å²) < 4.78 is 10.6. The van der Waals surface area contributed by atoms with Crippen LogP contribution in [0.2, 0.25) is 0 Å². The number of hydrogen-bond donors (Lipinski definition) is 2. The van der Waals surface area contributed by atoms with Gasteiger partial charge in [0, 0.05) is 6.42 Å². The Morgan fingerprint density at radius 1 is 0.676 bits per heavy atom. The molecule has 2 amide bonds. The van der Waals surface area contributed by atoms with Crippen molar-refractivity contribution in [1.82, 2.24) is 10.6 Å². The van der Waals surface area contributed by atoms with Crippen LogP contribution in [0.3, 0.4) is 0 Å². The SMILES string of the molecule is C[C@@H](NC(=O)OCc1ccccc1)C(=O)N[C@H](Cc1ccccc1)C(=O)OCc1ccccc1. The summed E-state index contributed by atoms with van der Waals surface area (Å²) in [6.45, 7) is 1.71. The number of benzene rings is 3. The van der Waals surface area contributed by atoms with Crippen molar-refractivity contribution in [3.8, 4) is 0 Å². The molecule has 0 bridgehead atoms. The van der Waals surface area contributed by atoms with Gasteiger partial charge >= 0.3 is 12.1 Å². The zero-order chi connectivity index (χ0) is 24.2. The summed E-state index contributed by atoms with van der Waals surface area (Å²) in [6, 6.07) is 26.0. The van der Waals surface area contributed by atoms with Gasteiger partial charge in [-0.3, -0.25) is 4.79 Å². The van der Waals surface area contributed by atoms with Gasteiger partial charge in [-0.05, 0) is 23.6 Å². The van der Waals surface area contributed by atoms with Gasteiger partial charge in [-0.1, -0.05) is 91.0 Å². The zero-order valence-corrected chi connectivity index (χ0v) is 19.0. The van der Waals surface area contributed by atoms with Gasteiger partial charge in [-0.15, -0.1) is 0 Å². The first-order valence-corrected chi connectivity index (χ1v) is 11.0. The van der Waals surface area contributed by atoms with Crippen molar-refractivity contribution in [2.75, 3.05) is 0 Å². The van der Waals surface area contributed by atoms with Gasteiger partial charge in [0.1, 0.15) is 25.3 Å². The summed E-state index contributed by atoms with van der Waals surface area (Å²) in [5.41, 5.74) is 2.54. The molecule has 0 fully saturated rings. The molecule has 0 aliphatic rings. The number of amides is 2. The van der Waals surface area contributed by atoms with Crippen LogP contribution < -0.4 is 10.6 Å². The highest BCUT2D eigenvalue weighted by atomic mass is 16.5. The van der Waals surface area contributed by atoms with E-state index in [1.54, 1.807) is 0 Å². The van der Waals surface area contributed by atoms with E-state index < -0.39 is 30.1 Å². The van der Waals surface area contributed by atoms with E-state index in [0.29, 0.717) is 0 Å². The fraction of sp³-hybridized carbons (Fsp3) is 0.222. The van der Waals surface area contributed by atoms with E-state index in [-0.39, 0.29) is 19.6 Å². The van der Waals surface area contributed by atoms with Crippen LogP contribution in [0, 0.1) is 0 Å². The predicted octanol–water partition coefficient (Wildman–Crippen LogP) is 3.77. The van der Waals surface area contributed by atoms with Crippen molar-refractivity contribution in [2.24, 2.45) is 0 Å². The molecule has 0 heterocycles. The first-order valence-electron chi connectivity index (χ1n) is 11.0. The van der Waals surface area contributed by atoms with E-state index in [9.17, 15) is 14.4 Å². The minimum absolute atomic E-state index is 0.0868. The summed E-state index contributed by atoms with van der Waals surface area (Å²) in [5.74, 6) is -1.07. The third kappa shape index (κ3) is 8.09. The molecule has 3 rings (SSSR count). The Bertz CT molecular complexity index is 1060. The summed E-state index contributed by atoms with van der Waals surface area (Å²) in [4.78, 5) is 37.7. The van der Waals surface area contributed by atoms with Crippen LogP contribution in [0.1, 0.15) is 23.6 Å². The number of hydrogen-bond acceptors (Lipinski definition) is 5. The average molecular weight is 461 g/mol. The fourth-order valence-electron chi connectivity index (χ4n) is 3.18. The van der Waals surface area contributed by atoms with Gasteiger partial charge in [-0.2, -0.15) is 0 Å². The number of alkyl carbamates (subject to hydrolysis) is 1. The second-order valence-electron chi connectivity index (χ2n) is 7.77. The Hall–Kier alpha value is -4.13. The number of carbonyl (C=O) groups excluding carboxylic acids is 3. The fourth-order valence-corrected chi connectivity index (χ4v) is 3.18. The second kappa shape index (κ2) is 12.8. The molecule has 0 spiro atoms. The van der Waals surface area contributed by atoms with Crippen molar-refractivity contribution in [1.29, 1.82) is 0 Å². The molecule has 0 aromatic heterocycles. The topological polar surface area (TPSA) is 93.7 Å². The van der Waals surface area contributed by atoms with Crippen molar-refractivity contribution in [3.63, 3.8) is 0 Å². The third-order valence-electron chi connectivity index (χ3n) is 5.05. The molecule has 2 N–H and O–H groups in total. The highest BCUT2D eigenvalue weighted by Crippen LogP contribution is 2.08. The average Bonchev–Trinajstić information content (AvgIpc) is 2.87. The number of esters is 1. The summed E-state index contributed by atoms with van der Waals surface area (Å²) >= 11 is 0. The smallest absolute Gasteiger partial charge is 0.408 e. The van der Waals surface area contributed by atoms with E-state index in [2.05, 4.69) is 10.6 Å². The van der Waals surface area contributed by atoms with Crippen LogP contribution in [0.4, 0.5) is 4.79 Å². The minimum atomic E-state index is -0.914. The van der Waals surface area contributed by atoms with Gasteiger partial charge in [0.15, 0.2) is 0 Å². The second-order valence-corrected chi connectivity index (χ2v) is 7.77. The highest BCUT2D eigenvalue weighted by molar-refractivity contribution is 5.89. The Balaban J connectivity index is 1.56. The molecule has 0 saturated heterocycles. The molecule has 0 unspecified atom stereocenters. The molecule has 3 aromatic rings. The van der Waals surface area contributed by atoms with Crippen LogP contribution >= 0.6 is 0 Å². The normalized spacial score (nSPS) is 12.1. The van der Waals surface area contributed by atoms with Crippen LogP contribution in [0.25, 0.3) is 0 Å².